The molecule has 0 radical (unpaired) electrons. The number of hydrogen-bond acceptors (Lipinski definition) is 2. The van der Waals surface area contributed by atoms with E-state index in [1.54, 1.807) is 0 Å². The van der Waals surface area contributed by atoms with Crippen LogP contribution in [0.15, 0.2) is 218 Å². The lowest BCUT2D eigenvalue weighted by Gasteiger charge is -2.17. The van der Waals surface area contributed by atoms with Crippen molar-refractivity contribution in [1.82, 2.24) is 28.5 Å². The Hall–Kier alpha value is -8.48. The van der Waals surface area contributed by atoms with Crippen LogP contribution in [-0.2, 0) is 0 Å². The number of hydrogen-bond donors (Lipinski definition) is 0. The minimum Gasteiger partial charge on any atom is -0.309 e. The zero-order chi connectivity index (χ0) is 40.7. The molecule has 9 aromatic carbocycles. The van der Waals surface area contributed by atoms with Crippen LogP contribution < -0.4 is 0 Å². The van der Waals surface area contributed by atoms with Gasteiger partial charge in [-0.2, -0.15) is 0 Å². The quantitative estimate of drug-likeness (QED) is 0.168. The molecular formula is C56H36N6. The number of rotatable bonds is 6. The van der Waals surface area contributed by atoms with Crippen molar-refractivity contribution < 1.29 is 0 Å². The van der Waals surface area contributed by atoms with Gasteiger partial charge < -0.3 is 13.7 Å². The van der Waals surface area contributed by atoms with Gasteiger partial charge in [0.1, 0.15) is 0 Å². The van der Waals surface area contributed by atoms with Crippen molar-refractivity contribution in [2.45, 2.75) is 0 Å². The summed E-state index contributed by atoms with van der Waals surface area (Å²) in [4.78, 5) is 0. The van der Waals surface area contributed by atoms with Crippen LogP contribution in [0.1, 0.15) is 0 Å². The zero-order valence-electron chi connectivity index (χ0n) is 33.5. The predicted molar refractivity (Wildman–Crippen MR) is 255 cm³/mol. The van der Waals surface area contributed by atoms with Crippen molar-refractivity contribution in [3.05, 3.63) is 218 Å². The van der Waals surface area contributed by atoms with E-state index in [4.69, 9.17) is 10.2 Å². The van der Waals surface area contributed by atoms with Gasteiger partial charge in [-0.1, -0.05) is 152 Å². The maximum absolute atomic E-state index is 4.78. The second-order valence-electron chi connectivity index (χ2n) is 15.9. The Morgan fingerprint density at radius 2 is 0.726 bits per heavy atom. The first-order valence-corrected chi connectivity index (χ1v) is 21.0. The van der Waals surface area contributed by atoms with Crippen molar-refractivity contribution in [3.8, 4) is 45.5 Å². The maximum atomic E-state index is 4.78. The molecule has 0 N–H and O–H groups in total. The van der Waals surface area contributed by atoms with E-state index in [-0.39, 0.29) is 0 Å². The standard InChI is InChI=1S/C56H36N6/c1-4-18-37(19-5-1)55-57-58-56(38-20-6-2-7-21-38)60(55)40-32-34-49-45(36-40)42-25-11-14-28-47(42)61(49)50-30-16-17-31-51(50)62-48-29-15-12-26-44(48)53-52(62)35-33-43-41-24-10-13-27-46(41)59(54(43)53)39-22-8-3-9-23-39/h1-36H. The van der Waals surface area contributed by atoms with Crippen LogP contribution in [0.5, 0.6) is 0 Å². The molecule has 290 valence electrons. The van der Waals surface area contributed by atoms with Crippen LogP contribution in [0.25, 0.3) is 111 Å². The van der Waals surface area contributed by atoms with Crippen LogP contribution in [0.2, 0.25) is 0 Å². The molecule has 0 amide bonds. The van der Waals surface area contributed by atoms with E-state index in [1.807, 2.05) is 36.4 Å². The molecule has 0 unspecified atom stereocenters. The molecule has 0 atom stereocenters. The van der Waals surface area contributed by atoms with Crippen molar-refractivity contribution >= 4 is 65.4 Å². The summed E-state index contributed by atoms with van der Waals surface area (Å²) < 4.78 is 9.54. The van der Waals surface area contributed by atoms with E-state index in [2.05, 4.69) is 200 Å². The summed E-state index contributed by atoms with van der Waals surface area (Å²) in [7, 11) is 0. The third-order valence-corrected chi connectivity index (χ3v) is 12.5. The second-order valence-corrected chi connectivity index (χ2v) is 15.9. The van der Waals surface area contributed by atoms with Crippen molar-refractivity contribution in [2.75, 3.05) is 0 Å². The molecule has 6 heteroatoms. The molecule has 0 aliphatic rings. The summed E-state index contributed by atoms with van der Waals surface area (Å²) in [6.07, 6.45) is 0. The Morgan fingerprint density at radius 3 is 1.35 bits per heavy atom. The summed E-state index contributed by atoms with van der Waals surface area (Å²) in [5, 5.41) is 16.8. The third kappa shape index (κ3) is 4.98. The summed E-state index contributed by atoms with van der Waals surface area (Å²) in [6.45, 7) is 0. The van der Waals surface area contributed by atoms with Crippen LogP contribution in [0.3, 0.4) is 0 Å². The van der Waals surface area contributed by atoms with Gasteiger partial charge in [0.15, 0.2) is 11.6 Å². The number of benzene rings is 9. The molecule has 0 spiro atoms. The SMILES string of the molecule is c1ccc(-c2nnc(-c3ccccc3)n2-c2ccc3c(c2)c2ccccc2n3-c2ccccc2-n2c3ccccc3c3c2ccc2c4ccccc4n(-c4ccccc4)c23)cc1. The first kappa shape index (κ1) is 34.4. The minimum absolute atomic E-state index is 0.796. The zero-order valence-corrected chi connectivity index (χ0v) is 33.5. The monoisotopic (exact) mass is 792 g/mol. The lowest BCUT2D eigenvalue weighted by atomic mass is 10.1. The highest BCUT2D eigenvalue weighted by molar-refractivity contribution is 6.26. The first-order chi connectivity index (χ1) is 30.8. The lowest BCUT2D eigenvalue weighted by molar-refractivity contribution is 1.07. The van der Waals surface area contributed by atoms with E-state index in [0.717, 1.165) is 73.0 Å². The smallest absolute Gasteiger partial charge is 0.168 e. The highest BCUT2D eigenvalue weighted by atomic mass is 15.3. The van der Waals surface area contributed by atoms with Crippen LogP contribution >= 0.6 is 0 Å². The molecule has 4 aromatic heterocycles. The van der Waals surface area contributed by atoms with E-state index < -0.39 is 0 Å². The summed E-state index contributed by atoms with van der Waals surface area (Å²) >= 11 is 0. The van der Waals surface area contributed by atoms with Gasteiger partial charge in [-0.25, -0.2) is 0 Å². The average molecular weight is 793 g/mol. The van der Waals surface area contributed by atoms with Crippen molar-refractivity contribution in [3.63, 3.8) is 0 Å². The lowest BCUT2D eigenvalue weighted by Crippen LogP contribution is -2.03. The highest BCUT2D eigenvalue weighted by Crippen LogP contribution is 2.44. The van der Waals surface area contributed by atoms with E-state index in [0.29, 0.717) is 0 Å². The number of fused-ring (bicyclic) bond motifs is 10. The molecule has 62 heavy (non-hydrogen) atoms. The topological polar surface area (TPSA) is 45.5 Å². The van der Waals surface area contributed by atoms with E-state index in [1.165, 1.54) is 38.0 Å². The molecule has 0 fully saturated rings. The Kier molecular flexibility index (Phi) is 7.50. The average Bonchev–Trinajstić information content (AvgIpc) is 4.11. The molecule has 4 heterocycles. The Morgan fingerprint density at radius 1 is 0.274 bits per heavy atom. The highest BCUT2D eigenvalue weighted by Gasteiger charge is 2.24. The molecule has 0 aliphatic heterocycles. The maximum Gasteiger partial charge on any atom is 0.168 e. The molecular weight excluding hydrogens is 757 g/mol. The molecule has 0 aliphatic carbocycles. The molecule has 0 bridgehead atoms. The largest absolute Gasteiger partial charge is 0.309 e. The van der Waals surface area contributed by atoms with Crippen molar-refractivity contribution in [2.24, 2.45) is 0 Å². The van der Waals surface area contributed by atoms with Crippen LogP contribution in [-0.4, -0.2) is 28.5 Å². The van der Waals surface area contributed by atoms with Gasteiger partial charge in [-0.05, 0) is 66.7 Å². The van der Waals surface area contributed by atoms with Crippen LogP contribution in [0, 0.1) is 0 Å². The second kappa shape index (κ2) is 13.5. The summed E-state index contributed by atoms with van der Waals surface area (Å²) in [6, 6.07) is 78.1. The van der Waals surface area contributed by atoms with Crippen molar-refractivity contribution in [1.29, 1.82) is 0 Å². The van der Waals surface area contributed by atoms with E-state index in [9.17, 15) is 0 Å². The molecule has 6 nitrogen and oxygen atoms in total. The fourth-order valence-corrected chi connectivity index (χ4v) is 9.89. The van der Waals surface area contributed by atoms with Gasteiger partial charge in [-0.3, -0.25) is 4.57 Å². The van der Waals surface area contributed by atoms with E-state index >= 15 is 0 Å². The minimum atomic E-state index is 0.796. The normalized spacial score (nSPS) is 11.9. The number of nitrogens with zero attached hydrogens (tertiary/aromatic N) is 6. The summed E-state index contributed by atoms with van der Waals surface area (Å²) in [5.74, 6) is 1.59. The molecule has 13 rings (SSSR count). The Bertz CT molecular complexity index is 3790. The number of aromatic nitrogens is 6. The molecule has 0 saturated heterocycles. The van der Waals surface area contributed by atoms with Gasteiger partial charge in [0.25, 0.3) is 0 Å². The number of para-hydroxylation sites is 6. The fraction of sp³-hybridized carbons (Fsp3) is 0. The van der Waals surface area contributed by atoms with Gasteiger partial charge in [0.2, 0.25) is 0 Å². The first-order valence-electron chi connectivity index (χ1n) is 21.0. The third-order valence-electron chi connectivity index (χ3n) is 12.5. The van der Waals surface area contributed by atoms with Gasteiger partial charge in [0, 0.05) is 49.1 Å². The van der Waals surface area contributed by atoms with Crippen LogP contribution in [0.4, 0.5) is 0 Å². The predicted octanol–water partition coefficient (Wildman–Crippen LogP) is 13.9. The van der Waals surface area contributed by atoms with Gasteiger partial charge in [-0.15, -0.1) is 10.2 Å². The fourth-order valence-electron chi connectivity index (χ4n) is 9.89. The summed E-state index contributed by atoms with van der Waals surface area (Å²) in [5.41, 5.74) is 13.3. The van der Waals surface area contributed by atoms with Gasteiger partial charge >= 0.3 is 0 Å². The Balaban J connectivity index is 1.08. The molecule has 0 saturated carbocycles. The Labute approximate surface area is 356 Å². The molecule has 13 aromatic rings. The van der Waals surface area contributed by atoms with Gasteiger partial charge in [0.05, 0.1) is 50.2 Å².